The summed E-state index contributed by atoms with van der Waals surface area (Å²) in [6.07, 6.45) is 1.78. The second-order valence-electron chi connectivity index (χ2n) is 3.73. The minimum atomic E-state index is 0.603. The van der Waals surface area contributed by atoms with Gasteiger partial charge in [0.15, 0.2) is 16.6 Å². The van der Waals surface area contributed by atoms with Crippen LogP contribution >= 0.6 is 27.3 Å². The van der Waals surface area contributed by atoms with Crippen molar-refractivity contribution in [2.45, 2.75) is 13.5 Å². The second kappa shape index (κ2) is 6.77. The Balaban J connectivity index is 2.16. The maximum Gasteiger partial charge on any atom is 0.182 e. The lowest BCUT2D eigenvalue weighted by atomic mass is 10.2. The molecule has 4 nitrogen and oxygen atoms in total. The number of nitrogens with zero attached hydrogens (tertiary/aromatic N) is 1. The van der Waals surface area contributed by atoms with Gasteiger partial charge in [0, 0.05) is 18.1 Å². The highest BCUT2D eigenvalue weighted by molar-refractivity contribution is 9.10. The Kier molecular flexibility index (Phi) is 5.04. The van der Waals surface area contributed by atoms with Gasteiger partial charge in [-0.15, -0.1) is 11.3 Å². The molecule has 0 bridgehead atoms. The lowest BCUT2D eigenvalue weighted by Gasteiger charge is -2.13. The van der Waals surface area contributed by atoms with Crippen molar-refractivity contribution in [3.8, 4) is 11.5 Å². The quantitative estimate of drug-likeness (QED) is 0.863. The zero-order valence-corrected chi connectivity index (χ0v) is 13.2. The normalized spacial score (nSPS) is 10.3. The summed E-state index contributed by atoms with van der Waals surface area (Å²) in [5.41, 5.74) is 1.10. The first kappa shape index (κ1) is 14.1. The topological polar surface area (TPSA) is 43.4 Å². The molecule has 2 aromatic rings. The summed E-state index contributed by atoms with van der Waals surface area (Å²) in [7, 11) is 1.64. The van der Waals surface area contributed by atoms with Crippen LogP contribution in [-0.4, -0.2) is 18.7 Å². The summed E-state index contributed by atoms with van der Waals surface area (Å²) < 4.78 is 11.8. The van der Waals surface area contributed by atoms with Gasteiger partial charge >= 0.3 is 0 Å². The molecule has 1 N–H and O–H groups in total. The van der Waals surface area contributed by atoms with Crippen molar-refractivity contribution in [1.82, 2.24) is 4.98 Å². The standard InChI is InChI=1S/C13H15BrN2O2S/c1-3-18-11-7-9(6-10(14)12(11)17-2)8-16-13-15-4-5-19-13/h4-7H,3,8H2,1-2H3,(H,15,16). The van der Waals surface area contributed by atoms with E-state index in [1.54, 1.807) is 24.6 Å². The van der Waals surface area contributed by atoms with Crippen LogP contribution in [0, 0.1) is 0 Å². The van der Waals surface area contributed by atoms with Crippen molar-refractivity contribution in [2.75, 3.05) is 19.0 Å². The lowest BCUT2D eigenvalue weighted by Crippen LogP contribution is -2.02. The van der Waals surface area contributed by atoms with Crippen LogP contribution in [0.15, 0.2) is 28.2 Å². The third-order valence-electron chi connectivity index (χ3n) is 2.45. The summed E-state index contributed by atoms with van der Waals surface area (Å²) in [6, 6.07) is 4.00. The fraction of sp³-hybridized carbons (Fsp3) is 0.308. The average molecular weight is 343 g/mol. The van der Waals surface area contributed by atoms with Crippen molar-refractivity contribution in [1.29, 1.82) is 0 Å². The first-order valence-electron chi connectivity index (χ1n) is 5.87. The monoisotopic (exact) mass is 342 g/mol. The van der Waals surface area contributed by atoms with Crippen LogP contribution in [0.4, 0.5) is 5.13 Å². The van der Waals surface area contributed by atoms with E-state index >= 15 is 0 Å². The second-order valence-corrected chi connectivity index (χ2v) is 5.48. The molecule has 0 aliphatic rings. The van der Waals surface area contributed by atoms with E-state index in [2.05, 4.69) is 26.2 Å². The predicted octanol–water partition coefficient (Wildman–Crippen LogP) is 3.93. The summed E-state index contributed by atoms with van der Waals surface area (Å²) in [6.45, 7) is 3.25. The number of halogens is 1. The van der Waals surface area contributed by atoms with Gasteiger partial charge in [0.1, 0.15) is 0 Å². The largest absolute Gasteiger partial charge is 0.492 e. The number of thiazole rings is 1. The average Bonchev–Trinajstić information content (AvgIpc) is 2.90. The molecule has 6 heteroatoms. The molecule has 0 unspecified atom stereocenters. The molecule has 0 spiro atoms. The van der Waals surface area contributed by atoms with Crippen molar-refractivity contribution < 1.29 is 9.47 Å². The third-order valence-corrected chi connectivity index (χ3v) is 3.77. The molecule has 102 valence electrons. The molecular formula is C13H15BrN2O2S. The summed E-state index contributed by atoms with van der Waals surface area (Å²) in [4.78, 5) is 4.19. The van der Waals surface area contributed by atoms with Gasteiger partial charge in [0.05, 0.1) is 18.2 Å². The Morgan fingerprint density at radius 3 is 2.89 bits per heavy atom. The first-order valence-corrected chi connectivity index (χ1v) is 7.54. The summed E-state index contributed by atoms with van der Waals surface area (Å²) in [5, 5.41) is 6.11. The molecule has 0 fully saturated rings. The molecule has 19 heavy (non-hydrogen) atoms. The predicted molar refractivity (Wildman–Crippen MR) is 81.3 cm³/mol. The molecule has 0 amide bonds. The maximum absolute atomic E-state index is 5.59. The van der Waals surface area contributed by atoms with E-state index in [9.17, 15) is 0 Å². The van der Waals surface area contributed by atoms with Gasteiger partial charge < -0.3 is 14.8 Å². The highest BCUT2D eigenvalue weighted by Gasteiger charge is 2.11. The van der Waals surface area contributed by atoms with E-state index in [4.69, 9.17) is 9.47 Å². The molecule has 0 aliphatic heterocycles. The van der Waals surface area contributed by atoms with E-state index in [-0.39, 0.29) is 0 Å². The summed E-state index contributed by atoms with van der Waals surface area (Å²) in [5.74, 6) is 1.47. The SMILES string of the molecule is CCOc1cc(CNc2nccs2)cc(Br)c1OC. The molecule has 1 aromatic carbocycles. The van der Waals surface area contributed by atoms with Gasteiger partial charge in [-0.2, -0.15) is 0 Å². The number of nitrogens with one attached hydrogen (secondary N) is 1. The minimum absolute atomic E-state index is 0.603. The number of hydrogen-bond acceptors (Lipinski definition) is 5. The van der Waals surface area contributed by atoms with Crippen LogP contribution in [0.25, 0.3) is 0 Å². The van der Waals surface area contributed by atoms with Crippen LogP contribution in [0.5, 0.6) is 11.5 Å². The summed E-state index contributed by atoms with van der Waals surface area (Å²) >= 11 is 5.08. The Labute approximate surface area is 124 Å². The van der Waals surface area contributed by atoms with Crippen molar-refractivity contribution in [3.63, 3.8) is 0 Å². The van der Waals surface area contributed by atoms with Gasteiger partial charge in [0.25, 0.3) is 0 Å². The van der Waals surface area contributed by atoms with Crippen molar-refractivity contribution >= 4 is 32.4 Å². The molecule has 0 atom stereocenters. The number of rotatable bonds is 6. The molecule has 0 saturated heterocycles. The van der Waals surface area contributed by atoms with Gasteiger partial charge in [-0.25, -0.2) is 4.98 Å². The fourth-order valence-electron chi connectivity index (χ4n) is 1.67. The molecule has 0 saturated carbocycles. The van der Waals surface area contributed by atoms with E-state index in [1.165, 1.54) is 0 Å². The van der Waals surface area contributed by atoms with Crippen LogP contribution < -0.4 is 14.8 Å². The number of benzene rings is 1. The molecule has 0 radical (unpaired) electrons. The highest BCUT2D eigenvalue weighted by atomic mass is 79.9. The number of ether oxygens (including phenoxy) is 2. The van der Waals surface area contributed by atoms with Crippen molar-refractivity contribution in [2.24, 2.45) is 0 Å². The van der Waals surface area contributed by atoms with Crippen LogP contribution in [0.1, 0.15) is 12.5 Å². The molecule has 0 aliphatic carbocycles. The lowest BCUT2D eigenvalue weighted by molar-refractivity contribution is 0.309. The number of aromatic nitrogens is 1. The van der Waals surface area contributed by atoms with E-state index in [0.717, 1.165) is 26.7 Å². The van der Waals surface area contributed by atoms with Gasteiger partial charge in [-0.1, -0.05) is 0 Å². The van der Waals surface area contributed by atoms with E-state index < -0.39 is 0 Å². The molecule has 1 aromatic heterocycles. The highest BCUT2D eigenvalue weighted by Crippen LogP contribution is 2.36. The van der Waals surface area contributed by atoms with E-state index in [0.29, 0.717) is 13.2 Å². The van der Waals surface area contributed by atoms with Crippen LogP contribution in [-0.2, 0) is 6.54 Å². The zero-order chi connectivity index (χ0) is 13.7. The Morgan fingerprint density at radius 2 is 2.26 bits per heavy atom. The van der Waals surface area contributed by atoms with E-state index in [1.807, 2.05) is 24.4 Å². The number of anilines is 1. The number of hydrogen-bond donors (Lipinski definition) is 1. The third kappa shape index (κ3) is 3.61. The van der Waals surface area contributed by atoms with Crippen molar-refractivity contribution in [3.05, 3.63) is 33.7 Å². The Morgan fingerprint density at radius 1 is 1.42 bits per heavy atom. The minimum Gasteiger partial charge on any atom is -0.492 e. The van der Waals surface area contributed by atoms with Crippen LogP contribution in [0.3, 0.4) is 0 Å². The van der Waals surface area contributed by atoms with Crippen LogP contribution in [0.2, 0.25) is 0 Å². The molecule has 2 rings (SSSR count). The smallest absolute Gasteiger partial charge is 0.182 e. The molecular weight excluding hydrogens is 328 g/mol. The maximum atomic E-state index is 5.59. The fourth-order valence-corrected chi connectivity index (χ4v) is 2.85. The van der Waals surface area contributed by atoms with Gasteiger partial charge in [-0.05, 0) is 40.5 Å². The van der Waals surface area contributed by atoms with Gasteiger partial charge in [-0.3, -0.25) is 0 Å². The van der Waals surface area contributed by atoms with Gasteiger partial charge in [0.2, 0.25) is 0 Å². The zero-order valence-electron chi connectivity index (χ0n) is 10.8. The first-order chi connectivity index (χ1) is 9.24. The Bertz CT molecular complexity index is 532. The molecule has 1 heterocycles. The Hall–Kier alpha value is -1.27. The number of methoxy groups -OCH3 is 1.